The number of phenolic OH excluding ortho intramolecular Hbond substituents is 2. The first-order chi connectivity index (χ1) is 13.1. The van der Waals surface area contributed by atoms with Crippen molar-refractivity contribution in [3.8, 4) is 11.5 Å². The number of carbonyl (C=O) groups is 3. The molecule has 0 spiro atoms. The Morgan fingerprint density at radius 2 is 1.68 bits per heavy atom. The van der Waals surface area contributed by atoms with Crippen molar-refractivity contribution < 1.29 is 39.5 Å². The van der Waals surface area contributed by atoms with Gasteiger partial charge < -0.3 is 25.2 Å². The minimum absolute atomic E-state index is 0.0497. The summed E-state index contributed by atoms with van der Waals surface area (Å²) in [5, 5.41) is 40.9. The fourth-order valence-corrected chi connectivity index (χ4v) is 3.28. The predicted octanol–water partition coefficient (Wildman–Crippen LogP) is 0.701. The maximum Gasteiger partial charge on any atom is 0.337 e. The number of carbonyl (C=O) groups excluding carboxylic acids is 3. The average Bonchev–Trinajstić information content (AvgIpc) is 2.66. The van der Waals surface area contributed by atoms with Gasteiger partial charge in [0.2, 0.25) is 0 Å². The smallest absolute Gasteiger partial charge is 0.337 e. The van der Waals surface area contributed by atoms with Gasteiger partial charge in [-0.1, -0.05) is 18.2 Å². The number of ether oxygens (including phenoxy) is 1. The zero-order valence-electron chi connectivity index (χ0n) is 15.1. The van der Waals surface area contributed by atoms with Crippen LogP contribution in [0.3, 0.4) is 0 Å². The highest BCUT2D eigenvalue weighted by molar-refractivity contribution is 6.30. The molecule has 8 nitrogen and oxygen atoms in total. The molecule has 0 aromatic heterocycles. The molecular formula is C20H18O8. The van der Waals surface area contributed by atoms with E-state index in [4.69, 9.17) is 0 Å². The molecule has 2 unspecified atom stereocenters. The first kappa shape index (κ1) is 19.5. The van der Waals surface area contributed by atoms with Gasteiger partial charge in [-0.2, -0.15) is 0 Å². The Hall–Kier alpha value is -3.23. The van der Waals surface area contributed by atoms with Gasteiger partial charge in [-0.25, -0.2) is 4.79 Å². The Morgan fingerprint density at radius 3 is 2.32 bits per heavy atom. The number of rotatable bonds is 4. The number of methoxy groups -OCH3 is 1. The van der Waals surface area contributed by atoms with Crippen molar-refractivity contribution in [3.05, 3.63) is 58.1 Å². The number of hydrogen-bond acceptors (Lipinski definition) is 8. The second kappa shape index (κ2) is 6.74. The number of aliphatic hydroxyl groups excluding tert-OH is 1. The minimum Gasteiger partial charge on any atom is -0.507 e. The molecule has 3 rings (SSSR count). The first-order valence-corrected chi connectivity index (χ1v) is 8.34. The number of ketones is 2. The Morgan fingerprint density at radius 1 is 1.07 bits per heavy atom. The Kier molecular flexibility index (Phi) is 4.70. The Balaban J connectivity index is 2.07. The van der Waals surface area contributed by atoms with Crippen molar-refractivity contribution in [2.24, 2.45) is 0 Å². The molecule has 2 aromatic rings. The molecule has 28 heavy (non-hydrogen) atoms. The molecule has 0 amide bonds. The molecule has 1 aliphatic carbocycles. The summed E-state index contributed by atoms with van der Waals surface area (Å²) in [6.45, 7) is 1.17. The van der Waals surface area contributed by atoms with E-state index in [1.807, 2.05) is 0 Å². The lowest BCUT2D eigenvalue weighted by molar-refractivity contribution is -0.164. The third-order valence-corrected chi connectivity index (χ3v) is 4.81. The van der Waals surface area contributed by atoms with Crippen LogP contribution in [0, 0.1) is 0 Å². The second-order valence-electron chi connectivity index (χ2n) is 6.81. The van der Waals surface area contributed by atoms with E-state index >= 15 is 0 Å². The van der Waals surface area contributed by atoms with E-state index in [1.54, 1.807) is 0 Å². The Bertz CT molecular complexity index is 1010. The number of aliphatic hydroxyl groups is 2. The van der Waals surface area contributed by atoms with E-state index < -0.39 is 41.4 Å². The van der Waals surface area contributed by atoms with Gasteiger partial charge in [0.05, 0.1) is 18.2 Å². The lowest BCUT2D eigenvalue weighted by Gasteiger charge is -2.28. The van der Waals surface area contributed by atoms with E-state index in [0.717, 1.165) is 7.11 Å². The quantitative estimate of drug-likeness (QED) is 0.480. The molecule has 1 aliphatic rings. The lowest BCUT2D eigenvalue weighted by Crippen LogP contribution is -2.47. The summed E-state index contributed by atoms with van der Waals surface area (Å²) < 4.78 is 4.40. The summed E-state index contributed by atoms with van der Waals surface area (Å²) in [4.78, 5) is 37.0. The monoisotopic (exact) mass is 386 g/mol. The number of benzene rings is 2. The maximum atomic E-state index is 12.8. The lowest BCUT2D eigenvalue weighted by atomic mass is 9.80. The summed E-state index contributed by atoms with van der Waals surface area (Å²) in [6, 6.07) is 6.66. The average molecular weight is 386 g/mol. The van der Waals surface area contributed by atoms with Crippen LogP contribution in [-0.4, -0.2) is 56.8 Å². The molecule has 0 bridgehead atoms. The number of aromatic hydroxyl groups is 2. The van der Waals surface area contributed by atoms with Gasteiger partial charge >= 0.3 is 5.97 Å². The third-order valence-electron chi connectivity index (χ3n) is 4.81. The molecule has 0 heterocycles. The highest BCUT2D eigenvalue weighted by atomic mass is 16.5. The molecule has 4 N–H and O–H groups in total. The highest BCUT2D eigenvalue weighted by Gasteiger charge is 2.39. The fourth-order valence-electron chi connectivity index (χ4n) is 3.28. The van der Waals surface area contributed by atoms with Gasteiger partial charge in [-0.05, 0) is 24.6 Å². The zero-order chi connectivity index (χ0) is 20.8. The zero-order valence-corrected chi connectivity index (χ0v) is 15.1. The van der Waals surface area contributed by atoms with Gasteiger partial charge in [0.15, 0.2) is 17.7 Å². The maximum absolute atomic E-state index is 12.8. The van der Waals surface area contributed by atoms with Crippen molar-refractivity contribution in [1.29, 1.82) is 0 Å². The van der Waals surface area contributed by atoms with Gasteiger partial charge in [0.25, 0.3) is 0 Å². The topological polar surface area (TPSA) is 141 Å². The third kappa shape index (κ3) is 2.92. The van der Waals surface area contributed by atoms with Crippen LogP contribution in [0.2, 0.25) is 0 Å². The van der Waals surface area contributed by atoms with E-state index in [2.05, 4.69) is 4.74 Å². The summed E-state index contributed by atoms with van der Waals surface area (Å²) in [5.74, 6) is -3.21. The molecule has 146 valence electrons. The molecule has 8 heteroatoms. The van der Waals surface area contributed by atoms with E-state index in [9.17, 15) is 34.8 Å². The van der Waals surface area contributed by atoms with Gasteiger partial charge in [0.1, 0.15) is 17.1 Å². The van der Waals surface area contributed by atoms with Crippen LogP contribution < -0.4 is 0 Å². The summed E-state index contributed by atoms with van der Waals surface area (Å²) in [7, 11) is 1.05. The summed E-state index contributed by atoms with van der Waals surface area (Å²) >= 11 is 0. The van der Waals surface area contributed by atoms with Crippen LogP contribution in [0.5, 0.6) is 11.5 Å². The largest absolute Gasteiger partial charge is 0.507 e. The van der Waals surface area contributed by atoms with Crippen molar-refractivity contribution in [2.75, 3.05) is 7.11 Å². The van der Waals surface area contributed by atoms with Gasteiger partial charge in [0, 0.05) is 17.5 Å². The molecule has 2 atom stereocenters. The predicted molar refractivity (Wildman–Crippen MR) is 95.4 cm³/mol. The number of esters is 1. The van der Waals surface area contributed by atoms with Gasteiger partial charge in [-0.15, -0.1) is 0 Å². The fraction of sp³-hybridized carbons (Fsp3) is 0.250. The molecule has 0 radical (unpaired) electrons. The van der Waals surface area contributed by atoms with Crippen LogP contribution in [0.4, 0.5) is 0 Å². The number of fused-ring (bicyclic) bond motifs is 2. The van der Waals surface area contributed by atoms with Crippen molar-refractivity contribution in [2.45, 2.75) is 25.0 Å². The number of phenols is 2. The van der Waals surface area contributed by atoms with E-state index in [-0.39, 0.29) is 33.6 Å². The van der Waals surface area contributed by atoms with Crippen molar-refractivity contribution in [3.63, 3.8) is 0 Å². The van der Waals surface area contributed by atoms with Crippen LogP contribution in [-0.2, 0) is 16.0 Å². The minimum atomic E-state index is -2.00. The standard InChI is InChI=1S/C20H18O8/c1-20(27,18(25)19(26)28-2)8-9-6-7-11-14(15(9)22)17(24)10-4-3-5-12(21)13(10)16(11)23/h3-7,18,21-22,25,27H,8H2,1-2H3. The SMILES string of the molecule is COC(=O)C(O)C(C)(O)Cc1ccc2c(c1O)C(=O)c1cccc(O)c1C2=O. The molecule has 0 saturated heterocycles. The first-order valence-electron chi connectivity index (χ1n) is 8.34. The Labute approximate surface area is 159 Å². The molecular weight excluding hydrogens is 368 g/mol. The summed E-state index contributed by atoms with van der Waals surface area (Å²) in [6.07, 6.45) is -2.28. The normalized spacial score (nSPS) is 16.0. The van der Waals surface area contributed by atoms with E-state index in [1.165, 1.54) is 37.3 Å². The molecule has 0 saturated carbocycles. The number of hydrogen-bond donors (Lipinski definition) is 4. The van der Waals surface area contributed by atoms with E-state index in [0.29, 0.717) is 0 Å². The molecule has 0 fully saturated rings. The van der Waals surface area contributed by atoms with Crippen LogP contribution >= 0.6 is 0 Å². The summed E-state index contributed by atoms with van der Waals surface area (Å²) in [5.41, 5.74) is -2.49. The van der Waals surface area contributed by atoms with Crippen molar-refractivity contribution >= 4 is 17.5 Å². The molecule has 0 aliphatic heterocycles. The molecule has 2 aromatic carbocycles. The van der Waals surface area contributed by atoms with Crippen molar-refractivity contribution in [1.82, 2.24) is 0 Å². The van der Waals surface area contributed by atoms with Gasteiger partial charge in [-0.3, -0.25) is 9.59 Å². The second-order valence-corrected chi connectivity index (χ2v) is 6.81. The van der Waals surface area contributed by atoms with Crippen LogP contribution in [0.15, 0.2) is 30.3 Å². The van der Waals surface area contributed by atoms with Crippen LogP contribution in [0.25, 0.3) is 0 Å². The van der Waals surface area contributed by atoms with Crippen LogP contribution in [0.1, 0.15) is 44.3 Å². The highest BCUT2D eigenvalue weighted by Crippen LogP contribution is 2.38.